The molecule has 6 heteroatoms. The van der Waals surface area contributed by atoms with Crippen molar-refractivity contribution in [3.8, 4) is 0 Å². The highest BCUT2D eigenvalue weighted by molar-refractivity contribution is 5.89. The van der Waals surface area contributed by atoms with Gasteiger partial charge in [0.1, 0.15) is 6.04 Å². The molecule has 0 bridgehead atoms. The van der Waals surface area contributed by atoms with E-state index in [2.05, 4.69) is 5.32 Å². The zero-order valence-corrected chi connectivity index (χ0v) is 7.80. The van der Waals surface area contributed by atoms with Crippen LogP contribution >= 0.6 is 0 Å². The van der Waals surface area contributed by atoms with E-state index < -0.39 is 24.8 Å². The molecule has 0 aromatic heterocycles. The summed E-state index contributed by atoms with van der Waals surface area (Å²) in [7, 11) is 1.50. The van der Waals surface area contributed by atoms with Gasteiger partial charge in [0, 0.05) is 26.4 Å². The lowest BCUT2D eigenvalue weighted by Gasteiger charge is -2.19. The number of likely N-dealkylation sites (N-methyl/N-ethyl adjacent to an activating group) is 1. The SMILES string of the molecule is CN1CCC(=O)NC(CC(F)F)C1=O. The summed E-state index contributed by atoms with van der Waals surface area (Å²) in [6.45, 7) is 0.282. The maximum atomic E-state index is 12.1. The van der Waals surface area contributed by atoms with Crippen molar-refractivity contribution < 1.29 is 18.4 Å². The van der Waals surface area contributed by atoms with Crippen LogP contribution in [0.1, 0.15) is 12.8 Å². The number of carbonyl (C=O) groups excluding carboxylic acids is 2. The Hall–Kier alpha value is -1.20. The summed E-state index contributed by atoms with van der Waals surface area (Å²) >= 11 is 0. The van der Waals surface area contributed by atoms with Gasteiger partial charge in [0.2, 0.25) is 18.2 Å². The van der Waals surface area contributed by atoms with Crippen molar-refractivity contribution in [2.75, 3.05) is 13.6 Å². The van der Waals surface area contributed by atoms with Crippen LogP contribution in [0.4, 0.5) is 8.78 Å². The molecule has 1 aliphatic rings. The molecule has 0 aromatic carbocycles. The molecule has 1 N–H and O–H groups in total. The van der Waals surface area contributed by atoms with E-state index in [0.717, 1.165) is 0 Å². The van der Waals surface area contributed by atoms with Gasteiger partial charge in [-0.2, -0.15) is 0 Å². The lowest BCUT2D eigenvalue weighted by atomic mass is 10.2. The Balaban J connectivity index is 2.68. The minimum absolute atomic E-state index is 0.169. The minimum atomic E-state index is -2.59. The van der Waals surface area contributed by atoms with Gasteiger partial charge in [-0.25, -0.2) is 8.78 Å². The van der Waals surface area contributed by atoms with Gasteiger partial charge in [0.15, 0.2) is 0 Å². The van der Waals surface area contributed by atoms with Gasteiger partial charge in [0.25, 0.3) is 0 Å². The highest BCUT2D eigenvalue weighted by Crippen LogP contribution is 2.09. The molecule has 2 amide bonds. The van der Waals surface area contributed by atoms with E-state index in [1.807, 2.05) is 0 Å². The molecule has 0 spiro atoms. The largest absolute Gasteiger partial charge is 0.344 e. The average molecular weight is 206 g/mol. The van der Waals surface area contributed by atoms with Crippen LogP contribution in [-0.2, 0) is 9.59 Å². The number of carbonyl (C=O) groups is 2. The van der Waals surface area contributed by atoms with Gasteiger partial charge in [-0.05, 0) is 0 Å². The van der Waals surface area contributed by atoms with Crippen LogP contribution in [0.2, 0.25) is 0 Å². The third kappa shape index (κ3) is 2.65. The Bertz CT molecular complexity index is 245. The smallest absolute Gasteiger partial charge is 0.245 e. The Morgan fingerprint density at radius 1 is 1.57 bits per heavy atom. The van der Waals surface area contributed by atoms with Gasteiger partial charge in [-0.15, -0.1) is 0 Å². The van der Waals surface area contributed by atoms with E-state index in [4.69, 9.17) is 0 Å². The highest BCUT2D eigenvalue weighted by Gasteiger charge is 2.29. The molecule has 1 atom stereocenters. The van der Waals surface area contributed by atoms with E-state index in [9.17, 15) is 18.4 Å². The molecule has 0 aromatic rings. The summed E-state index contributed by atoms with van der Waals surface area (Å²) < 4.78 is 24.1. The standard InChI is InChI=1S/C8H12F2N2O2/c1-12-3-2-7(13)11-5(8(12)14)4-6(9)10/h5-6H,2-4H2,1H3,(H,11,13). The zero-order valence-electron chi connectivity index (χ0n) is 7.80. The molecule has 1 heterocycles. The highest BCUT2D eigenvalue weighted by atomic mass is 19.3. The predicted octanol–water partition coefficient (Wildman–Crippen LogP) is -0.0115. The second-order valence-corrected chi connectivity index (χ2v) is 3.26. The molecule has 1 unspecified atom stereocenters. The van der Waals surface area contributed by atoms with Crippen LogP contribution in [0.15, 0.2) is 0 Å². The molecule has 80 valence electrons. The Morgan fingerprint density at radius 2 is 2.21 bits per heavy atom. The summed E-state index contributed by atoms with van der Waals surface area (Å²) in [5.74, 6) is -0.801. The maximum absolute atomic E-state index is 12.1. The number of nitrogens with one attached hydrogen (secondary N) is 1. The van der Waals surface area contributed by atoms with Crippen molar-refractivity contribution in [2.45, 2.75) is 25.3 Å². The third-order valence-electron chi connectivity index (χ3n) is 2.10. The number of amides is 2. The summed E-state index contributed by atoms with van der Waals surface area (Å²) in [5.41, 5.74) is 0. The van der Waals surface area contributed by atoms with Crippen LogP contribution < -0.4 is 5.32 Å². The first-order chi connectivity index (χ1) is 6.50. The van der Waals surface area contributed by atoms with E-state index >= 15 is 0 Å². The number of alkyl halides is 2. The first-order valence-electron chi connectivity index (χ1n) is 4.33. The molecular formula is C8H12F2N2O2. The second-order valence-electron chi connectivity index (χ2n) is 3.26. The van der Waals surface area contributed by atoms with Crippen molar-refractivity contribution in [3.05, 3.63) is 0 Å². The first kappa shape index (κ1) is 10.9. The van der Waals surface area contributed by atoms with E-state index in [0.29, 0.717) is 0 Å². The molecule has 0 radical (unpaired) electrons. The average Bonchev–Trinajstić information content (AvgIpc) is 2.19. The lowest BCUT2D eigenvalue weighted by Crippen LogP contribution is -2.44. The summed E-state index contributed by atoms with van der Waals surface area (Å²) in [5, 5.41) is 2.28. The van der Waals surface area contributed by atoms with Crippen LogP contribution in [-0.4, -0.2) is 42.8 Å². The topological polar surface area (TPSA) is 49.4 Å². The Labute approximate surface area is 80.3 Å². The number of hydrogen-bond acceptors (Lipinski definition) is 2. The molecule has 1 aliphatic heterocycles. The number of halogens is 2. The van der Waals surface area contributed by atoms with Crippen molar-refractivity contribution in [3.63, 3.8) is 0 Å². The summed E-state index contributed by atoms with van der Waals surface area (Å²) in [4.78, 5) is 23.7. The van der Waals surface area contributed by atoms with Gasteiger partial charge in [0.05, 0.1) is 0 Å². The monoisotopic (exact) mass is 206 g/mol. The van der Waals surface area contributed by atoms with Gasteiger partial charge in [-0.1, -0.05) is 0 Å². The van der Waals surface area contributed by atoms with E-state index in [1.165, 1.54) is 11.9 Å². The summed E-state index contributed by atoms with van der Waals surface area (Å²) in [6.07, 6.45) is -3.03. The Morgan fingerprint density at radius 3 is 2.79 bits per heavy atom. The molecule has 0 saturated carbocycles. The van der Waals surface area contributed by atoms with Crippen molar-refractivity contribution >= 4 is 11.8 Å². The Kier molecular flexibility index (Phi) is 3.38. The van der Waals surface area contributed by atoms with Gasteiger partial charge >= 0.3 is 0 Å². The normalized spacial score (nSPS) is 23.7. The number of nitrogens with zero attached hydrogens (tertiary/aromatic N) is 1. The second kappa shape index (κ2) is 4.34. The fraction of sp³-hybridized carbons (Fsp3) is 0.750. The third-order valence-corrected chi connectivity index (χ3v) is 2.10. The van der Waals surface area contributed by atoms with Gasteiger partial charge in [-0.3, -0.25) is 9.59 Å². The van der Waals surface area contributed by atoms with Crippen LogP contribution in [0.3, 0.4) is 0 Å². The summed E-state index contributed by atoms with van der Waals surface area (Å²) in [6, 6.07) is -1.07. The van der Waals surface area contributed by atoms with Crippen LogP contribution in [0.25, 0.3) is 0 Å². The van der Waals surface area contributed by atoms with E-state index in [-0.39, 0.29) is 18.9 Å². The van der Waals surface area contributed by atoms with Crippen molar-refractivity contribution in [1.29, 1.82) is 0 Å². The fourth-order valence-electron chi connectivity index (χ4n) is 1.31. The van der Waals surface area contributed by atoms with Crippen molar-refractivity contribution in [2.24, 2.45) is 0 Å². The van der Waals surface area contributed by atoms with Crippen molar-refractivity contribution in [1.82, 2.24) is 10.2 Å². The molecule has 1 rings (SSSR count). The molecule has 1 fully saturated rings. The number of rotatable bonds is 2. The zero-order chi connectivity index (χ0) is 10.7. The van der Waals surface area contributed by atoms with Crippen LogP contribution in [0, 0.1) is 0 Å². The predicted molar refractivity (Wildman–Crippen MR) is 44.8 cm³/mol. The molecule has 14 heavy (non-hydrogen) atoms. The fourth-order valence-corrected chi connectivity index (χ4v) is 1.31. The maximum Gasteiger partial charge on any atom is 0.245 e. The van der Waals surface area contributed by atoms with Gasteiger partial charge < -0.3 is 10.2 Å². The number of hydrogen-bond donors (Lipinski definition) is 1. The van der Waals surface area contributed by atoms with E-state index in [1.54, 1.807) is 0 Å². The first-order valence-corrected chi connectivity index (χ1v) is 4.33. The lowest BCUT2D eigenvalue weighted by molar-refractivity contribution is -0.133. The molecule has 1 saturated heterocycles. The molecular weight excluding hydrogens is 194 g/mol. The van der Waals surface area contributed by atoms with Crippen LogP contribution in [0.5, 0.6) is 0 Å². The minimum Gasteiger partial charge on any atom is -0.344 e. The molecule has 4 nitrogen and oxygen atoms in total. The quantitative estimate of drug-likeness (QED) is 0.690. The molecule has 0 aliphatic carbocycles.